The highest BCUT2D eigenvalue weighted by Crippen LogP contribution is 2.68. The average Bonchev–Trinajstić information content (AvgIpc) is 2.94. The van der Waals surface area contributed by atoms with Crippen molar-refractivity contribution in [2.24, 2.45) is 34.5 Å². The first kappa shape index (κ1) is 22.2. The Balaban J connectivity index is 1.74. The van der Waals surface area contributed by atoms with Gasteiger partial charge in [-0.25, -0.2) is 4.79 Å². The van der Waals surface area contributed by atoms with Crippen LogP contribution in [0.4, 0.5) is 0 Å². The maximum absolute atomic E-state index is 13.2. The highest BCUT2D eigenvalue weighted by atomic mass is 16.6. The number of allylic oxidation sites excluding steroid dienone is 5. The molecule has 2 fully saturated rings. The SMILES string of the molecule is CC/C=C/C(=O)O[C@]1(C(C)=O)[C@@H](C)C[C@H]2[C@@H]3C=CC4=CC(=O)CC[C@]4(C)[C@H]3CC[C@@]21C. The van der Waals surface area contributed by atoms with Gasteiger partial charge < -0.3 is 4.74 Å². The van der Waals surface area contributed by atoms with Crippen molar-refractivity contribution in [2.75, 3.05) is 0 Å². The van der Waals surface area contributed by atoms with E-state index in [1.54, 1.807) is 13.0 Å². The van der Waals surface area contributed by atoms with E-state index in [1.807, 2.05) is 13.0 Å². The summed E-state index contributed by atoms with van der Waals surface area (Å²) in [6, 6.07) is 0. The molecule has 4 rings (SSSR count). The van der Waals surface area contributed by atoms with Gasteiger partial charge in [-0.2, -0.15) is 0 Å². The van der Waals surface area contributed by atoms with Gasteiger partial charge in [-0.1, -0.05) is 45.9 Å². The van der Waals surface area contributed by atoms with Gasteiger partial charge in [0.05, 0.1) is 0 Å². The third-order valence-corrected chi connectivity index (χ3v) is 9.33. The molecule has 31 heavy (non-hydrogen) atoms. The minimum absolute atomic E-state index is 0.0138. The zero-order valence-electron chi connectivity index (χ0n) is 19.6. The van der Waals surface area contributed by atoms with Crippen molar-refractivity contribution < 1.29 is 19.1 Å². The maximum atomic E-state index is 13.2. The van der Waals surface area contributed by atoms with Crippen LogP contribution in [0.25, 0.3) is 0 Å². The number of Topliss-reactive ketones (excluding diaryl/α,β-unsaturated/α-hetero) is 1. The summed E-state index contributed by atoms with van der Waals surface area (Å²) in [7, 11) is 0. The zero-order valence-corrected chi connectivity index (χ0v) is 19.6. The second-order valence-electron chi connectivity index (χ2n) is 10.7. The molecular formula is C27H36O4. The molecule has 0 amide bonds. The van der Waals surface area contributed by atoms with Crippen LogP contribution in [0.15, 0.2) is 36.0 Å². The van der Waals surface area contributed by atoms with Crippen LogP contribution >= 0.6 is 0 Å². The summed E-state index contributed by atoms with van der Waals surface area (Å²) in [6.07, 6.45) is 14.6. The number of carbonyl (C=O) groups is 3. The topological polar surface area (TPSA) is 60.4 Å². The zero-order chi connectivity index (χ0) is 22.6. The number of carbonyl (C=O) groups excluding carboxylic acids is 3. The Morgan fingerprint density at radius 1 is 1.23 bits per heavy atom. The third kappa shape index (κ3) is 3.04. The van der Waals surface area contributed by atoms with Gasteiger partial charge in [0.15, 0.2) is 17.2 Å². The Bertz CT molecular complexity index is 895. The molecule has 0 heterocycles. The first-order valence-electron chi connectivity index (χ1n) is 11.9. The van der Waals surface area contributed by atoms with Crippen molar-refractivity contribution in [3.05, 3.63) is 36.0 Å². The summed E-state index contributed by atoms with van der Waals surface area (Å²) >= 11 is 0. The largest absolute Gasteiger partial charge is 0.447 e. The van der Waals surface area contributed by atoms with Gasteiger partial charge in [0, 0.05) is 23.8 Å². The standard InChI is InChI=1S/C27H36O4/c1-6-7-8-24(30)31-27(18(3)28)17(2)15-23-21-10-9-19-16-20(29)11-13-25(19,4)22(21)12-14-26(23,27)5/h7-10,16-17,21-23H,6,11-15H2,1-5H3/b8-7+/t17-,21+,22-,23-,25-,26-,27-/m0/s1. The molecule has 0 spiro atoms. The summed E-state index contributed by atoms with van der Waals surface area (Å²) in [5.41, 5.74) is -0.277. The lowest BCUT2D eigenvalue weighted by molar-refractivity contribution is -0.188. The van der Waals surface area contributed by atoms with Crippen molar-refractivity contribution >= 4 is 17.5 Å². The third-order valence-electron chi connectivity index (χ3n) is 9.33. The van der Waals surface area contributed by atoms with Crippen molar-refractivity contribution in [3.8, 4) is 0 Å². The van der Waals surface area contributed by atoms with E-state index < -0.39 is 11.6 Å². The highest BCUT2D eigenvalue weighted by molar-refractivity contribution is 5.93. The summed E-state index contributed by atoms with van der Waals surface area (Å²) in [6.45, 7) is 10.1. The molecule has 0 N–H and O–H groups in total. The number of rotatable bonds is 4. The summed E-state index contributed by atoms with van der Waals surface area (Å²) in [4.78, 5) is 37.9. The van der Waals surface area contributed by atoms with E-state index in [1.165, 1.54) is 11.6 Å². The fourth-order valence-corrected chi connectivity index (χ4v) is 7.77. The van der Waals surface area contributed by atoms with Crippen molar-refractivity contribution in [1.29, 1.82) is 0 Å². The van der Waals surface area contributed by atoms with Crippen LogP contribution in [0, 0.1) is 34.5 Å². The lowest BCUT2D eigenvalue weighted by Crippen LogP contribution is -2.59. The van der Waals surface area contributed by atoms with E-state index in [2.05, 4.69) is 32.9 Å². The Morgan fingerprint density at radius 3 is 2.65 bits per heavy atom. The second-order valence-corrected chi connectivity index (χ2v) is 10.7. The summed E-state index contributed by atoms with van der Waals surface area (Å²) in [5, 5.41) is 0. The van der Waals surface area contributed by atoms with Crippen LogP contribution in [-0.4, -0.2) is 23.1 Å². The van der Waals surface area contributed by atoms with Crippen LogP contribution in [-0.2, 0) is 19.1 Å². The molecule has 168 valence electrons. The first-order valence-corrected chi connectivity index (χ1v) is 11.9. The van der Waals surface area contributed by atoms with Gasteiger partial charge in [0.25, 0.3) is 0 Å². The van der Waals surface area contributed by atoms with Crippen LogP contribution in [0.5, 0.6) is 0 Å². The van der Waals surface area contributed by atoms with E-state index in [0.29, 0.717) is 18.3 Å². The molecule has 4 heteroatoms. The van der Waals surface area contributed by atoms with E-state index in [-0.39, 0.29) is 34.2 Å². The summed E-state index contributed by atoms with van der Waals surface area (Å²) < 4.78 is 6.12. The lowest BCUT2D eigenvalue weighted by atomic mass is 9.48. The Labute approximate surface area is 186 Å². The normalized spacial score (nSPS) is 43.8. The van der Waals surface area contributed by atoms with Gasteiger partial charge in [0.2, 0.25) is 0 Å². The molecule has 0 aromatic carbocycles. The van der Waals surface area contributed by atoms with Crippen molar-refractivity contribution in [2.45, 2.75) is 78.7 Å². The molecule has 4 aliphatic rings. The van der Waals surface area contributed by atoms with E-state index in [9.17, 15) is 14.4 Å². The molecule has 0 saturated heterocycles. The first-order chi connectivity index (χ1) is 14.6. The van der Waals surface area contributed by atoms with Crippen molar-refractivity contribution in [1.82, 2.24) is 0 Å². The smallest absolute Gasteiger partial charge is 0.331 e. The number of ketones is 2. The molecule has 7 atom stereocenters. The molecule has 0 aromatic heterocycles. The molecule has 0 bridgehead atoms. The minimum atomic E-state index is -1.08. The number of hydrogen-bond acceptors (Lipinski definition) is 4. The maximum Gasteiger partial charge on any atom is 0.331 e. The molecular weight excluding hydrogens is 388 g/mol. The van der Waals surface area contributed by atoms with Gasteiger partial charge in [-0.3, -0.25) is 9.59 Å². The van der Waals surface area contributed by atoms with Gasteiger partial charge in [0.1, 0.15) is 0 Å². The van der Waals surface area contributed by atoms with E-state index in [4.69, 9.17) is 4.74 Å². The predicted octanol–water partition coefficient (Wildman–Crippen LogP) is 5.38. The number of ether oxygens (including phenoxy) is 1. The van der Waals surface area contributed by atoms with E-state index >= 15 is 0 Å². The van der Waals surface area contributed by atoms with Crippen LogP contribution in [0.3, 0.4) is 0 Å². The van der Waals surface area contributed by atoms with Crippen LogP contribution in [0.1, 0.15) is 73.1 Å². The second kappa shape index (κ2) is 7.56. The monoisotopic (exact) mass is 424 g/mol. The Hall–Kier alpha value is -1.97. The number of hydrogen-bond donors (Lipinski definition) is 0. The molecule has 0 aliphatic heterocycles. The fourth-order valence-electron chi connectivity index (χ4n) is 7.77. The molecule has 2 saturated carbocycles. The highest BCUT2D eigenvalue weighted by Gasteiger charge is 2.70. The number of fused-ring (bicyclic) bond motifs is 5. The molecule has 4 nitrogen and oxygen atoms in total. The molecule has 4 aliphatic carbocycles. The molecule has 0 aromatic rings. The predicted molar refractivity (Wildman–Crippen MR) is 120 cm³/mol. The molecule has 0 radical (unpaired) electrons. The van der Waals surface area contributed by atoms with Gasteiger partial charge >= 0.3 is 5.97 Å². The Morgan fingerprint density at radius 2 is 1.97 bits per heavy atom. The molecule has 0 unspecified atom stereocenters. The lowest BCUT2D eigenvalue weighted by Gasteiger charge is -2.57. The average molecular weight is 425 g/mol. The van der Waals surface area contributed by atoms with Crippen molar-refractivity contribution in [3.63, 3.8) is 0 Å². The van der Waals surface area contributed by atoms with Gasteiger partial charge in [-0.05, 0) is 73.8 Å². The Kier molecular flexibility index (Phi) is 5.43. The van der Waals surface area contributed by atoms with E-state index in [0.717, 1.165) is 32.1 Å². The fraction of sp³-hybridized carbons (Fsp3) is 0.667. The number of esters is 1. The van der Waals surface area contributed by atoms with Crippen LogP contribution < -0.4 is 0 Å². The quantitative estimate of drug-likeness (QED) is 0.449. The van der Waals surface area contributed by atoms with Crippen LogP contribution in [0.2, 0.25) is 0 Å². The van der Waals surface area contributed by atoms with Gasteiger partial charge in [-0.15, -0.1) is 0 Å². The summed E-state index contributed by atoms with van der Waals surface area (Å²) in [5.74, 6) is 0.840. The minimum Gasteiger partial charge on any atom is -0.447 e.